The van der Waals surface area contributed by atoms with E-state index in [0.29, 0.717) is 22.2 Å². The average Bonchev–Trinajstić information content (AvgIpc) is 2.73. The van der Waals surface area contributed by atoms with E-state index in [0.717, 1.165) is 10.8 Å². The number of carbonyl (C=O) groups is 2. The van der Waals surface area contributed by atoms with Crippen molar-refractivity contribution in [2.24, 2.45) is 0 Å². The van der Waals surface area contributed by atoms with Gasteiger partial charge >= 0.3 is 0 Å². The average molecular weight is 472 g/mol. The zero-order valence-corrected chi connectivity index (χ0v) is 18.3. The number of aromatic nitrogens is 2. The Labute approximate surface area is 188 Å². The fraction of sp³-hybridized carbons (Fsp3) is 0.0909. The highest BCUT2D eigenvalue weighted by Crippen LogP contribution is 2.24. The Kier molecular flexibility index (Phi) is 8.13. The highest BCUT2D eigenvalue weighted by Gasteiger charge is 2.13. The molecule has 4 rings (SSSR count). The second-order valence-corrected chi connectivity index (χ2v) is 7.52. The first kappa shape index (κ1) is 25.3. The van der Waals surface area contributed by atoms with Gasteiger partial charge in [-0.05, 0) is 50.2 Å². The topological polar surface area (TPSA) is 183 Å². The Morgan fingerprint density at radius 3 is 1.36 bits per heavy atom. The number of aromatic hydroxyl groups is 2. The summed E-state index contributed by atoms with van der Waals surface area (Å²) in [6, 6.07) is 13.5. The van der Waals surface area contributed by atoms with E-state index in [4.69, 9.17) is 17.5 Å². The number of rotatable bonds is 2. The molecule has 172 valence electrons. The molecule has 0 amide bonds. The molecular weight excluding hydrogens is 452 g/mol. The van der Waals surface area contributed by atoms with E-state index in [-0.39, 0.29) is 23.1 Å². The number of carbonyl (C=O) groups excluding carboxylic acids is 2. The maximum atomic E-state index is 11.3. The lowest BCUT2D eigenvalue weighted by atomic mass is 10.1. The summed E-state index contributed by atoms with van der Waals surface area (Å²) < 4.78 is 34.1. The van der Waals surface area contributed by atoms with Crippen LogP contribution >= 0.6 is 0 Å². The SMILES string of the molecule is CC(=O)c1ccc(O)c2[nH+]cccc12.CC(=O)c1ccc(O)c2[nH+]cccc12.O=S(=O)([O-])[O-]. The van der Waals surface area contributed by atoms with Gasteiger partial charge in [0.1, 0.15) is 0 Å². The fourth-order valence-electron chi connectivity index (χ4n) is 3.03. The summed E-state index contributed by atoms with van der Waals surface area (Å²) in [5.74, 6) is 0.306. The van der Waals surface area contributed by atoms with Crippen LogP contribution in [0.5, 0.6) is 11.5 Å². The van der Waals surface area contributed by atoms with Crippen LogP contribution in [0.4, 0.5) is 0 Å². The van der Waals surface area contributed by atoms with E-state index < -0.39 is 10.4 Å². The number of fused-ring (bicyclic) bond motifs is 2. The van der Waals surface area contributed by atoms with Crippen molar-refractivity contribution in [2.75, 3.05) is 0 Å². The largest absolute Gasteiger partial charge is 0.759 e. The van der Waals surface area contributed by atoms with Crippen molar-refractivity contribution < 1.29 is 47.3 Å². The highest BCUT2D eigenvalue weighted by molar-refractivity contribution is 7.79. The van der Waals surface area contributed by atoms with Gasteiger partial charge in [-0.3, -0.25) is 18.0 Å². The predicted molar refractivity (Wildman–Crippen MR) is 115 cm³/mol. The molecule has 0 fully saturated rings. The molecule has 0 bridgehead atoms. The van der Waals surface area contributed by atoms with Crippen molar-refractivity contribution in [1.29, 1.82) is 0 Å². The number of H-pyrrole nitrogens is 2. The van der Waals surface area contributed by atoms with Gasteiger partial charge in [-0.2, -0.15) is 0 Å². The van der Waals surface area contributed by atoms with E-state index in [2.05, 4.69) is 9.97 Å². The first-order valence-electron chi connectivity index (χ1n) is 9.33. The maximum absolute atomic E-state index is 11.3. The summed E-state index contributed by atoms with van der Waals surface area (Å²) in [7, 11) is -5.17. The molecule has 0 atom stereocenters. The Hall–Kier alpha value is -3.93. The van der Waals surface area contributed by atoms with Crippen LogP contribution in [0.15, 0.2) is 60.9 Å². The highest BCUT2D eigenvalue weighted by atomic mass is 32.3. The number of hydrogen-bond donors (Lipinski definition) is 2. The van der Waals surface area contributed by atoms with Crippen LogP contribution in [0.2, 0.25) is 0 Å². The van der Waals surface area contributed by atoms with Crippen LogP contribution < -0.4 is 9.97 Å². The summed E-state index contributed by atoms with van der Waals surface area (Å²) in [5.41, 5.74) is 2.43. The molecule has 2 aromatic heterocycles. The molecule has 0 unspecified atom stereocenters. The molecule has 0 aliphatic heterocycles. The fourth-order valence-corrected chi connectivity index (χ4v) is 3.03. The first-order valence-corrected chi connectivity index (χ1v) is 10.7. The third-order valence-electron chi connectivity index (χ3n) is 4.38. The molecule has 0 spiro atoms. The second-order valence-electron chi connectivity index (χ2n) is 6.70. The van der Waals surface area contributed by atoms with Gasteiger partial charge in [0.25, 0.3) is 11.0 Å². The molecule has 10 nitrogen and oxygen atoms in total. The summed E-state index contributed by atoms with van der Waals surface area (Å²) in [4.78, 5) is 28.4. The molecule has 33 heavy (non-hydrogen) atoms. The number of aromatic amines is 2. The molecular formula is C22H20N2O8S. The Balaban J connectivity index is 0.000000195. The zero-order chi connectivity index (χ0) is 24.8. The summed E-state index contributed by atoms with van der Waals surface area (Å²) >= 11 is 0. The van der Waals surface area contributed by atoms with Crippen molar-refractivity contribution in [1.82, 2.24) is 0 Å². The molecule has 0 aliphatic rings. The van der Waals surface area contributed by atoms with Crippen molar-refractivity contribution in [3.8, 4) is 11.5 Å². The minimum absolute atomic E-state index is 0.00500. The van der Waals surface area contributed by atoms with E-state index in [1.54, 1.807) is 36.7 Å². The lowest BCUT2D eigenvalue weighted by Gasteiger charge is -2.06. The lowest BCUT2D eigenvalue weighted by Crippen LogP contribution is -2.04. The van der Waals surface area contributed by atoms with Gasteiger partial charge in [-0.1, -0.05) is 0 Å². The first-order chi connectivity index (χ1) is 15.4. The standard InChI is InChI=1S/2C11H9NO2.H2O4S/c2*1-7(13)8-4-5-10(14)11-9(8)3-2-6-12-11;1-5(2,3)4/h2*2-6,14H,1H3;(H2,1,2,3,4). The van der Waals surface area contributed by atoms with Gasteiger partial charge in [0.2, 0.25) is 0 Å². The lowest BCUT2D eigenvalue weighted by molar-refractivity contribution is -0.345. The van der Waals surface area contributed by atoms with E-state index in [1.165, 1.54) is 26.0 Å². The van der Waals surface area contributed by atoms with Gasteiger partial charge in [-0.15, -0.1) is 0 Å². The summed E-state index contributed by atoms with van der Waals surface area (Å²) in [6.45, 7) is 3.03. The summed E-state index contributed by atoms with van der Waals surface area (Å²) in [5, 5.41) is 20.6. The normalized spacial score (nSPS) is 10.5. The molecule has 2 aromatic carbocycles. The molecule has 4 aromatic rings. The maximum Gasteiger partial charge on any atom is 0.253 e. The third kappa shape index (κ3) is 7.04. The summed E-state index contributed by atoms with van der Waals surface area (Å²) in [6.07, 6.45) is 3.43. The van der Waals surface area contributed by atoms with Crippen LogP contribution in [-0.2, 0) is 10.4 Å². The van der Waals surface area contributed by atoms with Crippen LogP contribution in [0.3, 0.4) is 0 Å². The number of nitrogens with one attached hydrogen (secondary N) is 2. The number of phenolic OH excluding ortho intramolecular Hbond substituents is 2. The minimum atomic E-state index is -5.17. The Morgan fingerprint density at radius 1 is 0.727 bits per heavy atom. The van der Waals surface area contributed by atoms with Gasteiger partial charge in [0, 0.05) is 33.7 Å². The molecule has 0 radical (unpaired) electrons. The molecule has 0 aliphatic carbocycles. The Morgan fingerprint density at radius 2 is 1.06 bits per heavy atom. The van der Waals surface area contributed by atoms with E-state index >= 15 is 0 Å². The Bertz CT molecular complexity index is 1330. The number of hydrogen-bond acceptors (Lipinski definition) is 8. The molecule has 4 N–H and O–H groups in total. The molecule has 0 saturated carbocycles. The van der Waals surface area contributed by atoms with Crippen molar-refractivity contribution in [2.45, 2.75) is 13.8 Å². The van der Waals surface area contributed by atoms with Crippen molar-refractivity contribution in [3.05, 3.63) is 72.1 Å². The molecule has 11 heteroatoms. The number of benzene rings is 2. The number of ketones is 2. The second kappa shape index (κ2) is 10.6. The third-order valence-corrected chi connectivity index (χ3v) is 4.38. The van der Waals surface area contributed by atoms with E-state index in [9.17, 15) is 19.8 Å². The van der Waals surface area contributed by atoms with Gasteiger partial charge in [-0.25, -0.2) is 9.97 Å². The quantitative estimate of drug-likeness (QED) is 0.251. The van der Waals surface area contributed by atoms with Crippen LogP contribution in [-0.4, -0.2) is 39.3 Å². The monoisotopic (exact) mass is 472 g/mol. The number of phenols is 2. The van der Waals surface area contributed by atoms with E-state index in [1.807, 2.05) is 12.1 Å². The van der Waals surface area contributed by atoms with Gasteiger partial charge < -0.3 is 19.3 Å². The van der Waals surface area contributed by atoms with Crippen molar-refractivity contribution >= 4 is 43.8 Å². The molecule has 2 heterocycles. The number of Topliss-reactive ketones (excluding diaryl/α,β-unsaturated/α-hetero) is 2. The van der Waals surface area contributed by atoms with Gasteiger partial charge in [0.15, 0.2) is 35.5 Å². The van der Waals surface area contributed by atoms with Crippen LogP contribution in [0, 0.1) is 0 Å². The van der Waals surface area contributed by atoms with Crippen LogP contribution in [0.25, 0.3) is 21.8 Å². The zero-order valence-electron chi connectivity index (χ0n) is 17.5. The van der Waals surface area contributed by atoms with Crippen LogP contribution in [0.1, 0.15) is 34.6 Å². The van der Waals surface area contributed by atoms with Gasteiger partial charge in [0.05, 0.1) is 10.8 Å². The number of pyridine rings is 2. The predicted octanol–water partition coefficient (Wildman–Crippen LogP) is 1.79. The molecule has 0 saturated heterocycles. The smallest absolute Gasteiger partial charge is 0.253 e. The van der Waals surface area contributed by atoms with Crippen molar-refractivity contribution in [3.63, 3.8) is 0 Å². The minimum Gasteiger partial charge on any atom is -0.759 e.